The first-order valence-corrected chi connectivity index (χ1v) is 8.35. The van der Waals surface area contributed by atoms with E-state index in [-0.39, 0.29) is 0 Å². The number of hydrogen-bond acceptors (Lipinski definition) is 3. The quantitative estimate of drug-likeness (QED) is 0.856. The van der Waals surface area contributed by atoms with Gasteiger partial charge in [-0.1, -0.05) is 42.5 Å². The van der Waals surface area contributed by atoms with Crippen molar-refractivity contribution in [2.75, 3.05) is 7.11 Å². The molecule has 0 spiro atoms. The summed E-state index contributed by atoms with van der Waals surface area (Å²) in [7, 11) is 1.67. The van der Waals surface area contributed by atoms with Crippen LogP contribution in [0.25, 0.3) is 5.57 Å². The van der Waals surface area contributed by atoms with Crippen molar-refractivity contribution in [1.29, 1.82) is 0 Å². The Morgan fingerprint density at radius 2 is 1.96 bits per heavy atom. The first kappa shape index (κ1) is 14.5. The third-order valence-electron chi connectivity index (χ3n) is 5.01. The smallest absolute Gasteiger partial charge is 0.213 e. The molecule has 2 unspecified atom stereocenters. The SMILES string of the molecule is COc1cccc(C2=CC3CCC(C2)N3Cc2ccccc2)n1. The predicted molar refractivity (Wildman–Crippen MR) is 92.2 cm³/mol. The zero-order chi connectivity index (χ0) is 15.6. The highest BCUT2D eigenvalue weighted by Crippen LogP contribution is 2.39. The van der Waals surface area contributed by atoms with Gasteiger partial charge in [-0.2, -0.15) is 0 Å². The fourth-order valence-electron chi connectivity index (χ4n) is 3.86. The summed E-state index contributed by atoms with van der Waals surface area (Å²) in [5.74, 6) is 0.697. The molecule has 3 nitrogen and oxygen atoms in total. The minimum Gasteiger partial charge on any atom is -0.481 e. The molecule has 1 aromatic heterocycles. The van der Waals surface area contributed by atoms with Gasteiger partial charge in [0.2, 0.25) is 5.88 Å². The zero-order valence-corrected chi connectivity index (χ0v) is 13.5. The van der Waals surface area contributed by atoms with Crippen LogP contribution in [0.2, 0.25) is 0 Å². The lowest BCUT2D eigenvalue weighted by molar-refractivity contribution is 0.203. The molecule has 3 heteroatoms. The molecule has 1 saturated heterocycles. The lowest BCUT2D eigenvalue weighted by atomic mass is 9.97. The Balaban J connectivity index is 1.56. The Labute approximate surface area is 137 Å². The molecule has 3 heterocycles. The number of methoxy groups -OCH3 is 1. The van der Waals surface area contributed by atoms with Crippen molar-refractivity contribution in [2.24, 2.45) is 0 Å². The number of fused-ring (bicyclic) bond motifs is 2. The molecule has 23 heavy (non-hydrogen) atoms. The second-order valence-corrected chi connectivity index (χ2v) is 6.42. The van der Waals surface area contributed by atoms with Gasteiger partial charge in [-0.15, -0.1) is 0 Å². The highest BCUT2D eigenvalue weighted by atomic mass is 16.5. The van der Waals surface area contributed by atoms with Gasteiger partial charge in [0.15, 0.2) is 0 Å². The molecule has 0 saturated carbocycles. The van der Waals surface area contributed by atoms with E-state index in [0.717, 1.165) is 18.7 Å². The van der Waals surface area contributed by atoms with Crippen molar-refractivity contribution < 1.29 is 4.74 Å². The molecule has 4 rings (SSSR count). The molecule has 2 atom stereocenters. The van der Waals surface area contributed by atoms with E-state index in [1.54, 1.807) is 7.11 Å². The van der Waals surface area contributed by atoms with Gasteiger partial charge in [-0.05, 0) is 36.5 Å². The van der Waals surface area contributed by atoms with Crippen LogP contribution in [0.1, 0.15) is 30.5 Å². The molecule has 0 aliphatic carbocycles. The van der Waals surface area contributed by atoms with Gasteiger partial charge in [0.25, 0.3) is 0 Å². The van der Waals surface area contributed by atoms with Crippen LogP contribution in [0.5, 0.6) is 5.88 Å². The first-order chi connectivity index (χ1) is 11.3. The number of nitrogens with zero attached hydrogens (tertiary/aromatic N) is 2. The van der Waals surface area contributed by atoms with E-state index in [1.165, 1.54) is 24.0 Å². The largest absolute Gasteiger partial charge is 0.481 e. The summed E-state index contributed by atoms with van der Waals surface area (Å²) in [6, 6.07) is 18.0. The molecular formula is C20H22N2O. The van der Waals surface area contributed by atoms with Crippen molar-refractivity contribution in [3.05, 3.63) is 65.9 Å². The second-order valence-electron chi connectivity index (χ2n) is 6.42. The molecule has 1 aromatic carbocycles. The summed E-state index contributed by atoms with van der Waals surface area (Å²) in [5, 5.41) is 0. The van der Waals surface area contributed by atoms with Crippen LogP contribution in [-0.2, 0) is 6.54 Å². The van der Waals surface area contributed by atoms with Crippen LogP contribution < -0.4 is 4.74 Å². The molecule has 0 N–H and O–H groups in total. The molecule has 118 valence electrons. The number of ether oxygens (including phenoxy) is 1. The monoisotopic (exact) mass is 306 g/mol. The Bertz CT molecular complexity index is 711. The maximum atomic E-state index is 5.27. The minimum atomic E-state index is 0.539. The lowest BCUT2D eigenvalue weighted by Gasteiger charge is -2.34. The Kier molecular flexibility index (Phi) is 3.88. The van der Waals surface area contributed by atoms with E-state index >= 15 is 0 Å². The summed E-state index contributed by atoms with van der Waals surface area (Å²) in [4.78, 5) is 7.26. The van der Waals surface area contributed by atoms with Gasteiger partial charge in [0.1, 0.15) is 0 Å². The van der Waals surface area contributed by atoms with Crippen molar-refractivity contribution in [3.8, 4) is 5.88 Å². The maximum absolute atomic E-state index is 5.27. The molecule has 1 fully saturated rings. The number of rotatable bonds is 4. The Morgan fingerprint density at radius 3 is 2.74 bits per heavy atom. The van der Waals surface area contributed by atoms with Gasteiger partial charge in [0, 0.05) is 24.7 Å². The number of pyridine rings is 1. The third kappa shape index (κ3) is 2.89. The van der Waals surface area contributed by atoms with Gasteiger partial charge < -0.3 is 4.74 Å². The molecule has 2 aliphatic rings. The molecule has 0 radical (unpaired) electrons. The topological polar surface area (TPSA) is 25.4 Å². The van der Waals surface area contributed by atoms with Crippen LogP contribution >= 0.6 is 0 Å². The van der Waals surface area contributed by atoms with Crippen molar-refractivity contribution in [2.45, 2.75) is 37.9 Å². The van der Waals surface area contributed by atoms with E-state index in [2.05, 4.69) is 52.4 Å². The average molecular weight is 306 g/mol. The molecular weight excluding hydrogens is 284 g/mol. The summed E-state index contributed by atoms with van der Waals surface area (Å²) >= 11 is 0. The van der Waals surface area contributed by atoms with Gasteiger partial charge in [-0.3, -0.25) is 4.90 Å². The fraction of sp³-hybridized carbons (Fsp3) is 0.350. The predicted octanol–water partition coefficient (Wildman–Crippen LogP) is 3.91. The number of benzene rings is 1. The number of aromatic nitrogens is 1. The molecule has 0 amide bonds. The van der Waals surface area contributed by atoms with Gasteiger partial charge >= 0.3 is 0 Å². The average Bonchev–Trinajstić information content (AvgIpc) is 2.84. The van der Waals surface area contributed by atoms with E-state index in [9.17, 15) is 0 Å². The maximum Gasteiger partial charge on any atom is 0.213 e. The minimum absolute atomic E-state index is 0.539. The normalized spacial score (nSPS) is 23.6. The van der Waals surface area contributed by atoms with Gasteiger partial charge in [0.05, 0.1) is 12.8 Å². The Morgan fingerprint density at radius 1 is 1.09 bits per heavy atom. The van der Waals surface area contributed by atoms with Crippen LogP contribution in [0, 0.1) is 0 Å². The Hall–Kier alpha value is -2.13. The van der Waals surface area contributed by atoms with Crippen molar-refractivity contribution >= 4 is 5.57 Å². The van der Waals surface area contributed by atoms with Gasteiger partial charge in [-0.25, -0.2) is 4.98 Å². The summed E-state index contributed by atoms with van der Waals surface area (Å²) in [6.45, 7) is 1.05. The highest BCUT2D eigenvalue weighted by molar-refractivity contribution is 5.65. The number of hydrogen-bond donors (Lipinski definition) is 0. The molecule has 2 bridgehead atoms. The molecule has 2 aliphatic heterocycles. The van der Waals surface area contributed by atoms with E-state index in [0.29, 0.717) is 18.0 Å². The molecule has 2 aromatic rings. The van der Waals surface area contributed by atoms with Crippen LogP contribution in [0.15, 0.2) is 54.6 Å². The standard InChI is InChI=1S/C20H22N2O/c1-23-20-9-5-8-19(21-20)16-12-17-10-11-18(13-16)22(17)14-15-6-3-2-4-7-15/h2-9,12,17-18H,10-11,13-14H2,1H3. The lowest BCUT2D eigenvalue weighted by Crippen LogP contribution is -2.37. The van der Waals surface area contributed by atoms with E-state index in [4.69, 9.17) is 4.74 Å². The summed E-state index contributed by atoms with van der Waals surface area (Å²) in [5.41, 5.74) is 3.85. The van der Waals surface area contributed by atoms with Crippen LogP contribution in [0.3, 0.4) is 0 Å². The first-order valence-electron chi connectivity index (χ1n) is 8.35. The zero-order valence-electron chi connectivity index (χ0n) is 13.5. The summed E-state index contributed by atoms with van der Waals surface area (Å²) in [6.07, 6.45) is 6.05. The highest BCUT2D eigenvalue weighted by Gasteiger charge is 2.36. The third-order valence-corrected chi connectivity index (χ3v) is 5.01. The fourth-order valence-corrected chi connectivity index (χ4v) is 3.86. The van der Waals surface area contributed by atoms with E-state index in [1.807, 2.05) is 12.1 Å². The van der Waals surface area contributed by atoms with Crippen molar-refractivity contribution in [1.82, 2.24) is 9.88 Å². The second kappa shape index (κ2) is 6.17. The van der Waals surface area contributed by atoms with Crippen LogP contribution in [-0.4, -0.2) is 29.1 Å². The summed E-state index contributed by atoms with van der Waals surface area (Å²) < 4.78 is 5.27. The van der Waals surface area contributed by atoms with Crippen LogP contribution in [0.4, 0.5) is 0 Å². The van der Waals surface area contributed by atoms with Crippen molar-refractivity contribution in [3.63, 3.8) is 0 Å². The van der Waals surface area contributed by atoms with E-state index < -0.39 is 0 Å².